The molecule has 0 fully saturated rings. The van der Waals surface area contributed by atoms with Crippen LogP contribution in [0.15, 0.2) is 36.5 Å². The lowest BCUT2D eigenvalue weighted by Gasteiger charge is -2.06. The van der Waals surface area contributed by atoms with Gasteiger partial charge in [0.15, 0.2) is 6.29 Å². The van der Waals surface area contributed by atoms with Crippen molar-refractivity contribution >= 4 is 12.0 Å². The Morgan fingerprint density at radius 2 is 2.16 bits per heavy atom. The van der Waals surface area contributed by atoms with Crippen LogP contribution in [0.4, 0.5) is 10.1 Å². The summed E-state index contributed by atoms with van der Waals surface area (Å²) in [4.78, 5) is 24.6. The van der Waals surface area contributed by atoms with E-state index in [-0.39, 0.29) is 17.2 Å². The van der Waals surface area contributed by atoms with E-state index in [1.807, 2.05) is 0 Å². The van der Waals surface area contributed by atoms with Crippen LogP contribution in [0.25, 0.3) is 0 Å². The number of pyridine rings is 1. The number of aromatic nitrogens is 1. The molecule has 96 valence electrons. The average molecular weight is 262 g/mol. The zero-order valence-electron chi connectivity index (χ0n) is 9.45. The van der Waals surface area contributed by atoms with E-state index in [2.05, 4.69) is 4.98 Å². The average Bonchev–Trinajstić information content (AvgIpc) is 2.39. The first-order chi connectivity index (χ1) is 9.11. The lowest BCUT2D eigenvalue weighted by atomic mass is 10.2. The van der Waals surface area contributed by atoms with Gasteiger partial charge in [-0.2, -0.15) is 0 Å². The summed E-state index contributed by atoms with van der Waals surface area (Å²) in [6.45, 7) is 0. The quantitative estimate of drug-likeness (QED) is 0.480. The van der Waals surface area contributed by atoms with Crippen LogP contribution < -0.4 is 4.74 Å². The van der Waals surface area contributed by atoms with E-state index in [0.29, 0.717) is 6.29 Å². The summed E-state index contributed by atoms with van der Waals surface area (Å²) in [7, 11) is 0. The predicted octanol–water partition coefficient (Wildman–Crippen LogP) is 2.73. The van der Waals surface area contributed by atoms with Crippen molar-refractivity contribution in [1.82, 2.24) is 4.98 Å². The van der Waals surface area contributed by atoms with Gasteiger partial charge in [-0.15, -0.1) is 0 Å². The Labute approximate surface area is 106 Å². The lowest BCUT2D eigenvalue weighted by molar-refractivity contribution is -0.385. The van der Waals surface area contributed by atoms with Crippen molar-refractivity contribution in [2.45, 2.75) is 0 Å². The summed E-state index contributed by atoms with van der Waals surface area (Å²) in [5.41, 5.74) is -0.301. The maximum Gasteiger partial charge on any atom is 0.311 e. The van der Waals surface area contributed by atoms with E-state index in [9.17, 15) is 19.3 Å². The first kappa shape index (κ1) is 12.6. The zero-order chi connectivity index (χ0) is 13.8. The van der Waals surface area contributed by atoms with Crippen LogP contribution in [-0.2, 0) is 0 Å². The number of nitro benzene ring substituents is 1. The second kappa shape index (κ2) is 5.21. The van der Waals surface area contributed by atoms with Gasteiger partial charge < -0.3 is 4.74 Å². The number of carbonyl (C=O) groups excluding carboxylic acids is 1. The molecule has 0 N–H and O–H groups in total. The third kappa shape index (κ3) is 2.71. The fourth-order valence-corrected chi connectivity index (χ4v) is 1.40. The van der Waals surface area contributed by atoms with Gasteiger partial charge in [-0.05, 0) is 18.2 Å². The van der Waals surface area contributed by atoms with Crippen LogP contribution in [0.5, 0.6) is 11.6 Å². The van der Waals surface area contributed by atoms with Gasteiger partial charge in [-0.25, -0.2) is 9.37 Å². The SMILES string of the molecule is O=Cc1cccnc1Oc1cc(F)ccc1[N+](=O)[O-]. The Kier molecular flexibility index (Phi) is 3.46. The second-order valence-electron chi connectivity index (χ2n) is 3.49. The first-order valence-corrected chi connectivity index (χ1v) is 5.14. The molecule has 19 heavy (non-hydrogen) atoms. The predicted molar refractivity (Wildman–Crippen MR) is 62.8 cm³/mol. The maximum absolute atomic E-state index is 13.1. The molecule has 0 aliphatic carbocycles. The topological polar surface area (TPSA) is 82.3 Å². The molecule has 1 heterocycles. The standard InChI is InChI=1S/C12H7FN2O4/c13-9-3-4-10(15(17)18)11(6-9)19-12-8(7-16)2-1-5-14-12/h1-7H. The molecule has 1 aromatic heterocycles. The highest BCUT2D eigenvalue weighted by Crippen LogP contribution is 2.31. The summed E-state index contributed by atoms with van der Waals surface area (Å²) < 4.78 is 18.3. The van der Waals surface area contributed by atoms with Gasteiger partial charge in [0.1, 0.15) is 5.82 Å². The Balaban J connectivity index is 2.45. The number of hydrogen-bond acceptors (Lipinski definition) is 5. The Hall–Kier alpha value is -2.83. The number of hydrogen-bond donors (Lipinski definition) is 0. The summed E-state index contributed by atoms with van der Waals surface area (Å²) in [5.74, 6) is -1.12. The minimum absolute atomic E-state index is 0.112. The molecule has 0 saturated heterocycles. The van der Waals surface area contributed by atoms with E-state index in [0.717, 1.165) is 18.2 Å². The molecule has 0 unspecified atom stereocenters. The third-order valence-electron chi connectivity index (χ3n) is 2.25. The normalized spacial score (nSPS) is 9.95. The minimum atomic E-state index is -0.710. The van der Waals surface area contributed by atoms with Crippen LogP contribution in [0.2, 0.25) is 0 Å². The summed E-state index contributed by atoms with van der Waals surface area (Å²) >= 11 is 0. The summed E-state index contributed by atoms with van der Waals surface area (Å²) in [6.07, 6.45) is 1.85. The van der Waals surface area contributed by atoms with Crippen molar-refractivity contribution in [3.8, 4) is 11.6 Å². The highest BCUT2D eigenvalue weighted by Gasteiger charge is 2.18. The maximum atomic E-state index is 13.1. The van der Waals surface area contributed by atoms with E-state index in [4.69, 9.17) is 4.74 Å². The van der Waals surface area contributed by atoms with E-state index in [1.54, 1.807) is 0 Å². The molecule has 1 aromatic carbocycles. The molecule has 7 heteroatoms. The Bertz CT molecular complexity index is 645. The summed E-state index contributed by atoms with van der Waals surface area (Å²) in [6, 6.07) is 5.73. The number of carbonyl (C=O) groups is 1. The Morgan fingerprint density at radius 3 is 2.84 bits per heavy atom. The smallest absolute Gasteiger partial charge is 0.311 e. The number of aldehydes is 1. The molecule has 0 bridgehead atoms. The van der Waals surface area contributed by atoms with Gasteiger partial charge in [0, 0.05) is 18.3 Å². The van der Waals surface area contributed by atoms with Crippen molar-refractivity contribution in [3.05, 3.63) is 58.0 Å². The molecule has 0 amide bonds. The second-order valence-corrected chi connectivity index (χ2v) is 3.49. The molecule has 0 spiro atoms. The van der Waals surface area contributed by atoms with Gasteiger partial charge >= 0.3 is 5.69 Å². The molecule has 0 radical (unpaired) electrons. The molecule has 2 rings (SSSR count). The van der Waals surface area contributed by atoms with Crippen LogP contribution in [0.1, 0.15) is 10.4 Å². The lowest BCUT2D eigenvalue weighted by Crippen LogP contribution is -1.97. The van der Waals surface area contributed by atoms with Crippen LogP contribution in [0.3, 0.4) is 0 Å². The number of rotatable bonds is 4. The van der Waals surface area contributed by atoms with Crippen molar-refractivity contribution in [2.24, 2.45) is 0 Å². The highest BCUT2D eigenvalue weighted by molar-refractivity contribution is 5.78. The molecule has 0 aliphatic heterocycles. The van der Waals surface area contributed by atoms with Crippen molar-refractivity contribution in [1.29, 1.82) is 0 Å². The molecule has 0 saturated carbocycles. The van der Waals surface area contributed by atoms with E-state index < -0.39 is 16.4 Å². The molecule has 6 nitrogen and oxygen atoms in total. The highest BCUT2D eigenvalue weighted by atomic mass is 19.1. The van der Waals surface area contributed by atoms with Crippen LogP contribution in [0, 0.1) is 15.9 Å². The minimum Gasteiger partial charge on any atom is -0.431 e. The van der Waals surface area contributed by atoms with Crippen molar-refractivity contribution < 1.29 is 18.8 Å². The van der Waals surface area contributed by atoms with Gasteiger partial charge in [0.2, 0.25) is 11.6 Å². The van der Waals surface area contributed by atoms with E-state index in [1.165, 1.54) is 18.3 Å². The summed E-state index contributed by atoms with van der Waals surface area (Å²) in [5, 5.41) is 10.8. The first-order valence-electron chi connectivity index (χ1n) is 5.14. The van der Waals surface area contributed by atoms with Crippen LogP contribution >= 0.6 is 0 Å². The Morgan fingerprint density at radius 1 is 1.37 bits per heavy atom. The fraction of sp³-hybridized carbons (Fsp3) is 0. The fourth-order valence-electron chi connectivity index (χ4n) is 1.40. The van der Waals surface area contributed by atoms with Gasteiger partial charge in [0.05, 0.1) is 10.5 Å². The molecular weight excluding hydrogens is 255 g/mol. The monoisotopic (exact) mass is 262 g/mol. The number of benzene rings is 1. The van der Waals surface area contributed by atoms with Gasteiger partial charge in [0.25, 0.3) is 0 Å². The van der Waals surface area contributed by atoms with Gasteiger partial charge in [-0.3, -0.25) is 14.9 Å². The number of halogens is 1. The number of nitrogens with zero attached hydrogens (tertiary/aromatic N) is 2. The largest absolute Gasteiger partial charge is 0.431 e. The molecule has 2 aromatic rings. The molecule has 0 aliphatic rings. The third-order valence-corrected chi connectivity index (χ3v) is 2.25. The van der Waals surface area contributed by atoms with Crippen molar-refractivity contribution in [3.63, 3.8) is 0 Å². The van der Waals surface area contributed by atoms with Crippen molar-refractivity contribution in [2.75, 3.05) is 0 Å². The van der Waals surface area contributed by atoms with Crippen LogP contribution in [-0.4, -0.2) is 16.2 Å². The zero-order valence-corrected chi connectivity index (χ0v) is 9.45. The number of ether oxygens (including phenoxy) is 1. The number of nitro groups is 1. The van der Waals surface area contributed by atoms with Gasteiger partial charge in [-0.1, -0.05) is 0 Å². The molecular formula is C12H7FN2O4. The van der Waals surface area contributed by atoms with E-state index >= 15 is 0 Å². The molecule has 0 atom stereocenters.